The Morgan fingerprint density at radius 2 is 2.10 bits per heavy atom. The first-order chi connectivity index (χ1) is 9.95. The van der Waals surface area contributed by atoms with Crippen LogP contribution in [0.4, 0.5) is 5.69 Å². The van der Waals surface area contributed by atoms with E-state index in [0.717, 1.165) is 22.8 Å². The Bertz CT molecular complexity index is 682. The number of anilines is 1. The maximum absolute atomic E-state index is 12.0. The number of nitrogens with one attached hydrogen (secondary N) is 2. The number of nitrogens with zero attached hydrogens (tertiary/aromatic N) is 2. The summed E-state index contributed by atoms with van der Waals surface area (Å²) in [6, 6.07) is 8.24. The number of para-hydroxylation sites is 1. The molecule has 1 aliphatic heterocycles. The van der Waals surface area contributed by atoms with Gasteiger partial charge >= 0.3 is 0 Å². The lowest BCUT2D eigenvalue weighted by molar-refractivity contribution is -0.530. The van der Waals surface area contributed by atoms with Gasteiger partial charge in [-0.05, 0) is 11.6 Å². The molecule has 0 saturated heterocycles. The molecule has 0 fully saturated rings. The zero-order valence-corrected chi connectivity index (χ0v) is 12.6. The lowest BCUT2D eigenvalue weighted by Crippen LogP contribution is -2.29. The van der Waals surface area contributed by atoms with E-state index in [-0.39, 0.29) is 5.92 Å². The molecule has 1 unspecified atom stereocenters. The van der Waals surface area contributed by atoms with Crippen LogP contribution in [0.25, 0.3) is 0 Å². The molecule has 5 heteroatoms. The summed E-state index contributed by atoms with van der Waals surface area (Å²) >= 11 is 0. The summed E-state index contributed by atoms with van der Waals surface area (Å²) in [6.07, 6.45) is 3.32. The lowest BCUT2D eigenvalue weighted by Gasteiger charge is -2.17. The summed E-state index contributed by atoms with van der Waals surface area (Å²) < 4.78 is 0.938. The van der Waals surface area contributed by atoms with Crippen molar-refractivity contribution in [3.05, 3.63) is 52.8 Å². The molecular formula is C16H20N4O. The Morgan fingerprint density at radius 3 is 2.86 bits per heavy atom. The largest absolute Gasteiger partial charge is 0.623 e. The van der Waals surface area contributed by atoms with Crippen LogP contribution in [-0.2, 0) is 0 Å². The molecule has 0 aliphatic carbocycles. The van der Waals surface area contributed by atoms with Gasteiger partial charge in [0, 0.05) is 39.2 Å². The average Bonchev–Trinajstić information content (AvgIpc) is 3.03. The topological polar surface area (TPSA) is 66.8 Å². The smallest absolute Gasteiger partial charge is 0.202 e. The SMILES string of the molecule is CC(C)(C)/[N+]([O-])=C/c1c[nH]c(C2CNc3ccccc32)n1. The predicted molar refractivity (Wildman–Crippen MR) is 83.9 cm³/mol. The lowest BCUT2D eigenvalue weighted by atomic mass is 10.0. The average molecular weight is 284 g/mol. The van der Waals surface area contributed by atoms with Crippen LogP contribution in [0, 0.1) is 5.21 Å². The van der Waals surface area contributed by atoms with Crippen molar-refractivity contribution in [2.75, 3.05) is 11.9 Å². The van der Waals surface area contributed by atoms with Crippen molar-refractivity contribution in [1.82, 2.24) is 9.97 Å². The van der Waals surface area contributed by atoms with Gasteiger partial charge in [0.2, 0.25) is 6.21 Å². The second-order valence-electron chi connectivity index (χ2n) is 6.36. The second-order valence-corrected chi connectivity index (χ2v) is 6.36. The van der Waals surface area contributed by atoms with E-state index in [1.54, 1.807) is 6.20 Å². The first kappa shape index (κ1) is 13.7. The predicted octanol–water partition coefficient (Wildman–Crippen LogP) is 2.69. The highest BCUT2D eigenvalue weighted by Gasteiger charge is 2.26. The first-order valence-corrected chi connectivity index (χ1v) is 7.14. The summed E-state index contributed by atoms with van der Waals surface area (Å²) in [5.41, 5.74) is 2.61. The van der Waals surface area contributed by atoms with Gasteiger partial charge in [-0.3, -0.25) is 0 Å². The number of hydroxylamine groups is 1. The number of hydrogen-bond donors (Lipinski definition) is 2. The quantitative estimate of drug-likeness (QED) is 0.385. The summed E-state index contributed by atoms with van der Waals surface area (Å²) in [6.45, 7) is 6.45. The van der Waals surface area contributed by atoms with E-state index >= 15 is 0 Å². The summed E-state index contributed by atoms with van der Waals surface area (Å²) in [5, 5.41) is 15.3. The van der Waals surface area contributed by atoms with Crippen LogP contribution < -0.4 is 5.32 Å². The van der Waals surface area contributed by atoms with Crippen LogP contribution in [0.15, 0.2) is 30.5 Å². The van der Waals surface area contributed by atoms with E-state index in [1.807, 2.05) is 32.9 Å². The highest BCUT2D eigenvalue weighted by molar-refractivity contribution is 5.72. The van der Waals surface area contributed by atoms with Crippen molar-refractivity contribution in [3.63, 3.8) is 0 Å². The summed E-state index contributed by atoms with van der Waals surface area (Å²) in [7, 11) is 0. The highest BCUT2D eigenvalue weighted by Crippen LogP contribution is 2.34. The molecule has 0 bridgehead atoms. The van der Waals surface area contributed by atoms with Gasteiger partial charge in [-0.25, -0.2) is 9.72 Å². The minimum absolute atomic E-state index is 0.207. The van der Waals surface area contributed by atoms with Crippen molar-refractivity contribution in [1.29, 1.82) is 0 Å². The molecule has 5 nitrogen and oxygen atoms in total. The Morgan fingerprint density at radius 1 is 1.33 bits per heavy atom. The molecule has 1 aliphatic rings. The van der Waals surface area contributed by atoms with Crippen molar-refractivity contribution >= 4 is 11.9 Å². The van der Waals surface area contributed by atoms with Gasteiger partial charge in [-0.15, -0.1) is 0 Å². The minimum Gasteiger partial charge on any atom is -0.623 e. The molecular weight excluding hydrogens is 264 g/mol. The fourth-order valence-corrected chi connectivity index (χ4v) is 2.44. The van der Waals surface area contributed by atoms with E-state index in [1.165, 1.54) is 11.8 Å². The third-order valence-corrected chi connectivity index (χ3v) is 3.69. The van der Waals surface area contributed by atoms with Crippen LogP contribution in [-0.4, -0.2) is 33.0 Å². The molecule has 1 atom stereocenters. The molecule has 1 aromatic heterocycles. The van der Waals surface area contributed by atoms with Gasteiger partial charge in [0.15, 0.2) is 5.54 Å². The van der Waals surface area contributed by atoms with Crippen molar-refractivity contribution in [2.24, 2.45) is 0 Å². The molecule has 1 aromatic carbocycles. The third-order valence-electron chi connectivity index (χ3n) is 3.69. The molecule has 3 rings (SSSR count). The van der Waals surface area contributed by atoms with Crippen molar-refractivity contribution in [3.8, 4) is 0 Å². The van der Waals surface area contributed by atoms with Crippen LogP contribution >= 0.6 is 0 Å². The molecule has 2 N–H and O–H groups in total. The van der Waals surface area contributed by atoms with Crippen LogP contribution in [0.3, 0.4) is 0 Å². The zero-order valence-electron chi connectivity index (χ0n) is 12.6. The molecule has 0 amide bonds. The third kappa shape index (κ3) is 2.63. The summed E-state index contributed by atoms with van der Waals surface area (Å²) in [4.78, 5) is 7.75. The number of hydrogen-bond acceptors (Lipinski definition) is 3. The number of H-pyrrole nitrogens is 1. The maximum Gasteiger partial charge on any atom is 0.202 e. The standard InChI is InChI=1S/C16H20N4O/c1-16(2,3)20(21)10-11-8-18-15(19-11)13-9-17-14-7-5-4-6-12(13)14/h4-8,10,13,17H,9H2,1-3H3,(H,18,19)/b20-10-. The Kier molecular flexibility index (Phi) is 3.20. The van der Waals surface area contributed by atoms with Gasteiger partial charge in [0.05, 0.1) is 5.92 Å². The second kappa shape index (κ2) is 4.91. The number of fused-ring (bicyclic) bond motifs is 1. The first-order valence-electron chi connectivity index (χ1n) is 7.14. The molecule has 0 saturated carbocycles. The van der Waals surface area contributed by atoms with Gasteiger partial charge in [-0.1, -0.05) is 18.2 Å². The van der Waals surface area contributed by atoms with E-state index in [4.69, 9.17) is 0 Å². The summed E-state index contributed by atoms with van der Waals surface area (Å²) in [5.74, 6) is 1.10. The highest BCUT2D eigenvalue weighted by atomic mass is 16.5. The van der Waals surface area contributed by atoms with Crippen molar-refractivity contribution in [2.45, 2.75) is 32.2 Å². The van der Waals surface area contributed by atoms with E-state index in [0.29, 0.717) is 5.69 Å². The maximum atomic E-state index is 12.0. The van der Waals surface area contributed by atoms with E-state index in [9.17, 15) is 5.21 Å². The minimum atomic E-state index is -0.458. The molecule has 21 heavy (non-hydrogen) atoms. The van der Waals surface area contributed by atoms with Gasteiger partial charge in [0.1, 0.15) is 11.5 Å². The fraction of sp³-hybridized carbons (Fsp3) is 0.375. The van der Waals surface area contributed by atoms with Crippen molar-refractivity contribution < 1.29 is 4.74 Å². The van der Waals surface area contributed by atoms with Crippen LogP contribution in [0.5, 0.6) is 0 Å². The molecule has 2 heterocycles. The number of benzene rings is 1. The normalized spacial score (nSPS) is 18.4. The fourth-order valence-electron chi connectivity index (χ4n) is 2.44. The number of aromatic nitrogens is 2. The van der Waals surface area contributed by atoms with Gasteiger partial charge in [-0.2, -0.15) is 0 Å². The zero-order chi connectivity index (χ0) is 15.0. The molecule has 2 aromatic rings. The Hall–Kier alpha value is -2.30. The number of imidazole rings is 1. The van der Waals surface area contributed by atoms with E-state index < -0.39 is 5.54 Å². The van der Waals surface area contributed by atoms with Gasteiger partial charge in [0.25, 0.3) is 0 Å². The Labute approximate surface area is 124 Å². The van der Waals surface area contributed by atoms with Crippen LogP contribution in [0.2, 0.25) is 0 Å². The number of rotatable bonds is 2. The molecule has 0 spiro atoms. The molecule has 0 radical (unpaired) electrons. The van der Waals surface area contributed by atoms with Gasteiger partial charge < -0.3 is 15.5 Å². The van der Waals surface area contributed by atoms with Crippen LogP contribution in [0.1, 0.15) is 43.8 Å². The number of aromatic amines is 1. The Balaban J connectivity index is 1.87. The van der Waals surface area contributed by atoms with E-state index in [2.05, 4.69) is 27.4 Å². The molecule has 110 valence electrons. The monoisotopic (exact) mass is 284 g/mol.